The molecule has 5 nitrogen and oxygen atoms in total. The van der Waals surface area contributed by atoms with Crippen molar-refractivity contribution in [3.63, 3.8) is 0 Å². The summed E-state index contributed by atoms with van der Waals surface area (Å²) in [4.78, 5) is 13.7. The van der Waals surface area contributed by atoms with E-state index in [2.05, 4.69) is 20.1 Å². The minimum Gasteiger partial charge on any atom is -0.367 e. The van der Waals surface area contributed by atoms with Gasteiger partial charge in [0.1, 0.15) is 11.6 Å². The number of nitrogens with one attached hydrogen (secondary N) is 1. The Labute approximate surface area is 154 Å². The average molecular weight is 355 g/mol. The normalized spacial score (nSPS) is 18.4. The van der Waals surface area contributed by atoms with Crippen LogP contribution in [-0.2, 0) is 0 Å². The summed E-state index contributed by atoms with van der Waals surface area (Å²) in [7, 11) is 0. The van der Waals surface area contributed by atoms with Crippen LogP contribution in [0.4, 0.5) is 21.8 Å². The van der Waals surface area contributed by atoms with E-state index in [1.807, 2.05) is 25.1 Å². The highest BCUT2D eigenvalue weighted by molar-refractivity contribution is 5.50. The molecule has 1 N–H and O–H groups in total. The lowest BCUT2D eigenvalue weighted by atomic mass is 10.2. The standard InChI is InChI=1S/C20H26FN5/c1-15-14-19(23-16-6-2-3-7-16)24-20(22-15)26-12-10-25(11-13-26)18-9-5-4-8-17(18)21/h4-5,8-9,14,16H,2-3,6-7,10-13H2,1H3,(H,22,23,24). The highest BCUT2D eigenvalue weighted by atomic mass is 19.1. The summed E-state index contributed by atoms with van der Waals surface area (Å²) in [6.45, 7) is 5.13. The summed E-state index contributed by atoms with van der Waals surface area (Å²) in [5.74, 6) is 1.55. The second kappa shape index (κ2) is 7.48. The van der Waals surface area contributed by atoms with E-state index in [1.165, 1.54) is 31.7 Å². The monoisotopic (exact) mass is 355 g/mol. The van der Waals surface area contributed by atoms with Gasteiger partial charge in [-0.15, -0.1) is 0 Å². The fraction of sp³-hybridized carbons (Fsp3) is 0.500. The number of nitrogens with zero attached hydrogens (tertiary/aromatic N) is 4. The van der Waals surface area contributed by atoms with Crippen LogP contribution < -0.4 is 15.1 Å². The first-order chi connectivity index (χ1) is 12.7. The predicted octanol–water partition coefficient (Wildman–Crippen LogP) is 3.61. The molecule has 1 aliphatic carbocycles. The van der Waals surface area contributed by atoms with Gasteiger partial charge in [-0.05, 0) is 31.9 Å². The van der Waals surface area contributed by atoms with E-state index >= 15 is 0 Å². The predicted molar refractivity (Wildman–Crippen MR) is 103 cm³/mol. The van der Waals surface area contributed by atoms with Crippen molar-refractivity contribution in [3.8, 4) is 0 Å². The number of aryl methyl sites for hydroxylation is 1. The van der Waals surface area contributed by atoms with Crippen molar-refractivity contribution in [2.24, 2.45) is 0 Å². The number of rotatable bonds is 4. The summed E-state index contributed by atoms with van der Waals surface area (Å²) in [5, 5.41) is 3.57. The molecule has 0 bridgehead atoms. The van der Waals surface area contributed by atoms with E-state index < -0.39 is 0 Å². The summed E-state index contributed by atoms with van der Waals surface area (Å²) in [5.41, 5.74) is 1.66. The van der Waals surface area contributed by atoms with Crippen molar-refractivity contribution in [2.75, 3.05) is 41.3 Å². The van der Waals surface area contributed by atoms with E-state index in [-0.39, 0.29) is 5.82 Å². The number of anilines is 3. The molecule has 4 rings (SSSR count). The molecule has 1 aromatic carbocycles. The number of piperazine rings is 1. The zero-order valence-corrected chi connectivity index (χ0v) is 15.3. The second-order valence-corrected chi connectivity index (χ2v) is 7.25. The molecule has 2 heterocycles. The molecule has 26 heavy (non-hydrogen) atoms. The fourth-order valence-corrected chi connectivity index (χ4v) is 3.90. The molecule has 1 aromatic heterocycles. The number of hydrogen-bond acceptors (Lipinski definition) is 5. The zero-order valence-electron chi connectivity index (χ0n) is 15.3. The summed E-state index contributed by atoms with van der Waals surface area (Å²) in [6.07, 6.45) is 5.04. The van der Waals surface area contributed by atoms with Crippen LogP contribution in [0.2, 0.25) is 0 Å². The van der Waals surface area contributed by atoms with Crippen LogP contribution >= 0.6 is 0 Å². The summed E-state index contributed by atoms with van der Waals surface area (Å²) < 4.78 is 14.0. The fourth-order valence-electron chi connectivity index (χ4n) is 3.90. The Morgan fingerprint density at radius 2 is 1.69 bits per heavy atom. The number of halogens is 1. The van der Waals surface area contributed by atoms with Crippen molar-refractivity contribution in [3.05, 3.63) is 41.8 Å². The van der Waals surface area contributed by atoms with Gasteiger partial charge in [0.05, 0.1) is 5.69 Å². The van der Waals surface area contributed by atoms with E-state index in [9.17, 15) is 4.39 Å². The average Bonchev–Trinajstić information content (AvgIpc) is 3.15. The van der Waals surface area contributed by atoms with Crippen molar-refractivity contribution in [1.29, 1.82) is 0 Å². The van der Waals surface area contributed by atoms with Crippen LogP contribution in [0.3, 0.4) is 0 Å². The Bertz CT molecular complexity index is 752. The van der Waals surface area contributed by atoms with Gasteiger partial charge in [0.15, 0.2) is 0 Å². The minimum absolute atomic E-state index is 0.157. The number of hydrogen-bond donors (Lipinski definition) is 1. The van der Waals surface area contributed by atoms with Crippen LogP contribution in [0.5, 0.6) is 0 Å². The SMILES string of the molecule is Cc1cc(NC2CCCC2)nc(N2CCN(c3ccccc3F)CC2)n1. The maximum atomic E-state index is 14.0. The summed E-state index contributed by atoms with van der Waals surface area (Å²) in [6, 6.07) is 9.54. The molecule has 1 saturated heterocycles. The Kier molecular flexibility index (Phi) is 4.91. The van der Waals surface area contributed by atoms with Crippen LogP contribution in [-0.4, -0.2) is 42.2 Å². The lowest BCUT2D eigenvalue weighted by Crippen LogP contribution is -2.47. The molecule has 2 aliphatic rings. The first kappa shape index (κ1) is 17.1. The van der Waals surface area contributed by atoms with E-state index in [4.69, 9.17) is 4.98 Å². The van der Waals surface area contributed by atoms with Crippen LogP contribution in [0.15, 0.2) is 30.3 Å². The van der Waals surface area contributed by atoms with E-state index in [0.717, 1.165) is 43.6 Å². The van der Waals surface area contributed by atoms with Crippen molar-refractivity contribution in [2.45, 2.75) is 38.6 Å². The van der Waals surface area contributed by atoms with Gasteiger partial charge in [0.2, 0.25) is 5.95 Å². The number of para-hydroxylation sites is 1. The van der Waals surface area contributed by atoms with Gasteiger partial charge < -0.3 is 15.1 Å². The lowest BCUT2D eigenvalue weighted by molar-refractivity contribution is 0.593. The Balaban J connectivity index is 1.44. The molecule has 138 valence electrons. The van der Waals surface area contributed by atoms with Gasteiger partial charge in [-0.25, -0.2) is 9.37 Å². The molecule has 1 saturated carbocycles. The van der Waals surface area contributed by atoms with Gasteiger partial charge in [-0.3, -0.25) is 0 Å². The topological polar surface area (TPSA) is 44.3 Å². The molecule has 1 aliphatic heterocycles. The number of aromatic nitrogens is 2. The van der Waals surface area contributed by atoms with Crippen molar-refractivity contribution in [1.82, 2.24) is 9.97 Å². The first-order valence-electron chi connectivity index (χ1n) is 9.56. The van der Waals surface area contributed by atoms with Crippen LogP contribution in [0.1, 0.15) is 31.4 Å². The molecule has 0 amide bonds. The third kappa shape index (κ3) is 3.74. The van der Waals surface area contributed by atoms with Gasteiger partial charge in [0, 0.05) is 44.0 Å². The molecular formula is C20H26FN5. The Hall–Kier alpha value is -2.37. The largest absolute Gasteiger partial charge is 0.367 e. The molecular weight excluding hydrogens is 329 g/mol. The highest BCUT2D eigenvalue weighted by Gasteiger charge is 2.22. The third-order valence-electron chi connectivity index (χ3n) is 5.31. The maximum absolute atomic E-state index is 14.0. The van der Waals surface area contributed by atoms with Gasteiger partial charge in [-0.2, -0.15) is 4.98 Å². The maximum Gasteiger partial charge on any atom is 0.227 e. The molecule has 0 radical (unpaired) electrons. The minimum atomic E-state index is -0.157. The molecule has 0 spiro atoms. The zero-order chi connectivity index (χ0) is 17.9. The van der Waals surface area contributed by atoms with E-state index in [1.54, 1.807) is 6.07 Å². The second-order valence-electron chi connectivity index (χ2n) is 7.25. The van der Waals surface area contributed by atoms with Crippen LogP contribution in [0.25, 0.3) is 0 Å². The highest BCUT2D eigenvalue weighted by Crippen LogP contribution is 2.24. The van der Waals surface area contributed by atoms with E-state index in [0.29, 0.717) is 11.7 Å². The van der Waals surface area contributed by atoms with Gasteiger partial charge in [-0.1, -0.05) is 25.0 Å². The Morgan fingerprint density at radius 1 is 1.00 bits per heavy atom. The molecule has 2 fully saturated rings. The van der Waals surface area contributed by atoms with Crippen molar-refractivity contribution < 1.29 is 4.39 Å². The summed E-state index contributed by atoms with van der Waals surface area (Å²) >= 11 is 0. The van der Waals surface area contributed by atoms with Crippen molar-refractivity contribution >= 4 is 17.5 Å². The lowest BCUT2D eigenvalue weighted by Gasteiger charge is -2.36. The third-order valence-corrected chi connectivity index (χ3v) is 5.31. The van der Waals surface area contributed by atoms with Crippen LogP contribution in [0, 0.1) is 12.7 Å². The molecule has 0 unspecified atom stereocenters. The quantitative estimate of drug-likeness (QED) is 0.908. The first-order valence-corrected chi connectivity index (χ1v) is 9.56. The molecule has 0 atom stereocenters. The number of benzene rings is 1. The molecule has 6 heteroatoms. The van der Waals surface area contributed by atoms with Gasteiger partial charge >= 0.3 is 0 Å². The smallest absolute Gasteiger partial charge is 0.227 e. The molecule has 2 aromatic rings. The van der Waals surface area contributed by atoms with Gasteiger partial charge in [0.25, 0.3) is 0 Å². The Morgan fingerprint density at radius 3 is 2.42 bits per heavy atom.